The largest absolute Gasteiger partial charge is 0.465 e. The molecule has 27 heavy (non-hydrogen) atoms. The van der Waals surface area contributed by atoms with E-state index < -0.39 is 5.97 Å². The van der Waals surface area contributed by atoms with Gasteiger partial charge in [-0.15, -0.1) is 0 Å². The van der Waals surface area contributed by atoms with Crippen LogP contribution in [-0.4, -0.2) is 24.0 Å². The zero-order valence-electron chi connectivity index (χ0n) is 14.4. The lowest BCUT2D eigenvalue weighted by Gasteiger charge is -2.08. The molecular weight excluding hydrogens is 349 g/mol. The van der Waals surface area contributed by atoms with Gasteiger partial charge in [0.1, 0.15) is 11.6 Å². The smallest absolute Gasteiger partial charge is 0.337 e. The minimum absolute atomic E-state index is 0.336. The van der Waals surface area contributed by atoms with Crippen molar-refractivity contribution in [2.75, 3.05) is 17.7 Å². The molecule has 0 radical (unpaired) electrons. The molecule has 136 valence electrons. The number of anilines is 3. The number of ether oxygens (including phenoxy) is 1. The van der Waals surface area contributed by atoms with E-state index in [4.69, 9.17) is 0 Å². The molecule has 2 aromatic carbocycles. The van der Waals surface area contributed by atoms with E-state index in [1.54, 1.807) is 42.5 Å². The van der Waals surface area contributed by atoms with Crippen LogP contribution in [0.5, 0.6) is 0 Å². The molecule has 0 unspecified atom stereocenters. The third kappa shape index (κ3) is 4.66. The van der Waals surface area contributed by atoms with Crippen molar-refractivity contribution in [2.24, 2.45) is 0 Å². The molecule has 0 atom stereocenters. The van der Waals surface area contributed by atoms with Crippen molar-refractivity contribution in [1.82, 2.24) is 4.98 Å². The number of esters is 1. The van der Waals surface area contributed by atoms with Crippen molar-refractivity contribution in [3.8, 4) is 0 Å². The normalized spacial score (nSPS) is 10.1. The van der Waals surface area contributed by atoms with E-state index in [1.807, 2.05) is 0 Å². The average Bonchev–Trinajstić information content (AvgIpc) is 2.68. The topological polar surface area (TPSA) is 80.3 Å². The maximum Gasteiger partial charge on any atom is 0.337 e. The van der Waals surface area contributed by atoms with Gasteiger partial charge in [-0.05, 0) is 48.5 Å². The highest BCUT2D eigenvalue weighted by Gasteiger charge is 2.10. The zero-order valence-corrected chi connectivity index (χ0v) is 14.4. The Morgan fingerprint density at radius 1 is 0.963 bits per heavy atom. The van der Waals surface area contributed by atoms with Crippen molar-refractivity contribution in [3.05, 3.63) is 83.8 Å². The fourth-order valence-corrected chi connectivity index (χ4v) is 2.36. The number of hydrogen-bond donors (Lipinski definition) is 2. The molecular formula is C20H16FN3O3. The van der Waals surface area contributed by atoms with Crippen molar-refractivity contribution >= 4 is 29.1 Å². The highest BCUT2D eigenvalue weighted by atomic mass is 19.1. The Labute approximate surface area is 155 Å². The number of nitrogens with one attached hydrogen (secondary N) is 2. The lowest BCUT2D eigenvalue weighted by atomic mass is 10.2. The molecule has 6 nitrogen and oxygen atoms in total. The number of halogens is 1. The summed E-state index contributed by atoms with van der Waals surface area (Å²) in [7, 11) is 1.29. The summed E-state index contributed by atoms with van der Waals surface area (Å²) in [6.07, 6.45) is 1.40. The predicted octanol–water partition coefficient (Wildman–Crippen LogP) is 4.00. The second-order valence-electron chi connectivity index (χ2n) is 5.59. The highest BCUT2D eigenvalue weighted by Crippen LogP contribution is 2.17. The quantitative estimate of drug-likeness (QED) is 0.668. The number of nitrogens with zero attached hydrogens (tertiary/aromatic N) is 1. The molecule has 0 bridgehead atoms. The molecule has 2 N–H and O–H groups in total. The number of methoxy groups -OCH3 is 1. The zero-order chi connectivity index (χ0) is 19.2. The van der Waals surface area contributed by atoms with Gasteiger partial charge in [0.05, 0.1) is 18.2 Å². The first-order valence-corrected chi connectivity index (χ1v) is 8.03. The lowest BCUT2D eigenvalue weighted by Crippen LogP contribution is -2.13. The summed E-state index contributed by atoms with van der Waals surface area (Å²) >= 11 is 0. The minimum atomic E-state index is -0.486. The molecule has 0 fully saturated rings. The van der Waals surface area contributed by atoms with Crippen molar-refractivity contribution in [1.29, 1.82) is 0 Å². The Morgan fingerprint density at radius 3 is 2.44 bits per heavy atom. The number of carbonyl (C=O) groups excluding carboxylic acids is 2. The number of pyridine rings is 1. The van der Waals surface area contributed by atoms with Crippen LogP contribution < -0.4 is 10.6 Å². The first kappa shape index (κ1) is 18.1. The predicted molar refractivity (Wildman–Crippen MR) is 99.7 cm³/mol. The van der Waals surface area contributed by atoms with Crippen LogP contribution in [0.1, 0.15) is 20.7 Å². The molecule has 0 aliphatic rings. The summed E-state index contributed by atoms with van der Waals surface area (Å²) in [5, 5.41) is 5.65. The van der Waals surface area contributed by atoms with Crippen molar-refractivity contribution in [3.63, 3.8) is 0 Å². The van der Waals surface area contributed by atoms with E-state index >= 15 is 0 Å². The minimum Gasteiger partial charge on any atom is -0.465 e. The summed E-state index contributed by atoms with van der Waals surface area (Å²) in [5.41, 5.74) is 1.69. The Hall–Kier alpha value is -3.74. The fraction of sp³-hybridized carbons (Fsp3) is 0.0500. The van der Waals surface area contributed by atoms with Crippen LogP contribution >= 0.6 is 0 Å². The average molecular weight is 365 g/mol. The van der Waals surface area contributed by atoms with Gasteiger partial charge in [-0.1, -0.05) is 12.1 Å². The number of amides is 1. The van der Waals surface area contributed by atoms with E-state index in [-0.39, 0.29) is 11.7 Å². The molecule has 1 amide bonds. The van der Waals surface area contributed by atoms with E-state index in [9.17, 15) is 14.0 Å². The SMILES string of the molecule is COC(=O)c1cccc(NC(=O)c2ccc(Nc3cccc(F)c3)nc2)c1. The van der Waals surface area contributed by atoms with Crippen LogP contribution in [0.4, 0.5) is 21.6 Å². The van der Waals surface area contributed by atoms with Crippen LogP contribution in [0.25, 0.3) is 0 Å². The summed E-state index contributed by atoms with van der Waals surface area (Å²) in [4.78, 5) is 28.1. The monoisotopic (exact) mass is 365 g/mol. The van der Waals surface area contributed by atoms with Gasteiger partial charge in [0, 0.05) is 17.6 Å². The third-order valence-electron chi connectivity index (χ3n) is 3.66. The number of benzene rings is 2. The first-order chi connectivity index (χ1) is 13.0. The van der Waals surface area contributed by atoms with E-state index in [2.05, 4.69) is 20.4 Å². The molecule has 0 aliphatic heterocycles. The summed E-state index contributed by atoms with van der Waals surface area (Å²) in [6, 6.07) is 15.6. The van der Waals surface area contributed by atoms with Crippen LogP contribution in [-0.2, 0) is 4.74 Å². The standard InChI is InChI=1S/C20H16FN3O3/c1-27-20(26)13-4-2-6-16(10-13)24-19(25)14-8-9-18(22-12-14)23-17-7-3-5-15(21)11-17/h2-12H,1H3,(H,22,23)(H,24,25). The number of hydrogen-bond acceptors (Lipinski definition) is 5. The molecule has 7 heteroatoms. The van der Waals surface area contributed by atoms with Gasteiger partial charge >= 0.3 is 5.97 Å². The number of aromatic nitrogens is 1. The van der Waals surface area contributed by atoms with Gasteiger partial charge in [-0.3, -0.25) is 4.79 Å². The van der Waals surface area contributed by atoms with E-state index in [0.717, 1.165) is 0 Å². The van der Waals surface area contributed by atoms with Gasteiger partial charge in [0.2, 0.25) is 0 Å². The molecule has 0 aliphatic carbocycles. The van der Waals surface area contributed by atoms with Gasteiger partial charge in [0.25, 0.3) is 5.91 Å². The maximum atomic E-state index is 13.2. The molecule has 1 aromatic heterocycles. The molecule has 0 saturated carbocycles. The van der Waals surface area contributed by atoms with Crippen LogP contribution in [0.15, 0.2) is 66.9 Å². The molecule has 3 aromatic rings. The summed E-state index contributed by atoms with van der Waals surface area (Å²) in [6.45, 7) is 0. The van der Waals surface area contributed by atoms with Crippen LogP contribution in [0.2, 0.25) is 0 Å². The number of rotatable bonds is 5. The van der Waals surface area contributed by atoms with Crippen molar-refractivity contribution in [2.45, 2.75) is 0 Å². The van der Waals surface area contributed by atoms with E-state index in [0.29, 0.717) is 28.3 Å². The number of carbonyl (C=O) groups is 2. The lowest BCUT2D eigenvalue weighted by molar-refractivity contribution is 0.0600. The molecule has 0 spiro atoms. The summed E-state index contributed by atoms with van der Waals surface area (Å²) in [5.74, 6) is -0.739. The Bertz CT molecular complexity index is 974. The van der Waals surface area contributed by atoms with Crippen molar-refractivity contribution < 1.29 is 18.7 Å². The Balaban J connectivity index is 1.68. The fourth-order valence-electron chi connectivity index (χ4n) is 2.36. The van der Waals surface area contributed by atoms with Gasteiger partial charge in [-0.25, -0.2) is 14.2 Å². The Kier molecular flexibility index (Phi) is 5.41. The first-order valence-electron chi connectivity index (χ1n) is 8.03. The van der Waals surface area contributed by atoms with Gasteiger partial charge in [-0.2, -0.15) is 0 Å². The molecule has 3 rings (SSSR count). The third-order valence-corrected chi connectivity index (χ3v) is 3.66. The van der Waals surface area contributed by atoms with Gasteiger partial charge < -0.3 is 15.4 Å². The second kappa shape index (κ2) is 8.09. The van der Waals surface area contributed by atoms with E-state index in [1.165, 1.54) is 31.5 Å². The second-order valence-corrected chi connectivity index (χ2v) is 5.59. The maximum absolute atomic E-state index is 13.2. The van der Waals surface area contributed by atoms with Crippen LogP contribution in [0, 0.1) is 5.82 Å². The molecule has 0 saturated heterocycles. The Morgan fingerprint density at radius 2 is 1.74 bits per heavy atom. The highest BCUT2D eigenvalue weighted by molar-refractivity contribution is 6.04. The molecule has 1 heterocycles. The summed E-state index contributed by atoms with van der Waals surface area (Å²) < 4.78 is 17.9. The van der Waals surface area contributed by atoms with Crippen LogP contribution in [0.3, 0.4) is 0 Å². The van der Waals surface area contributed by atoms with Gasteiger partial charge in [0.15, 0.2) is 0 Å².